The number of ether oxygens (including phenoxy) is 1. The summed E-state index contributed by atoms with van der Waals surface area (Å²) < 4.78 is 43.8. The molecule has 3 aromatic carbocycles. The maximum atomic E-state index is 12.9. The van der Waals surface area contributed by atoms with Crippen molar-refractivity contribution in [2.75, 3.05) is 7.11 Å². The molecule has 3 rings (SSSR count). The Bertz CT molecular complexity index is 997. The molecule has 3 aromatic rings. The van der Waals surface area contributed by atoms with Crippen molar-refractivity contribution in [1.82, 2.24) is 0 Å². The smallest absolute Gasteiger partial charge is 0.416 e. The molecule has 148 valence electrons. The minimum atomic E-state index is -4.37. The van der Waals surface area contributed by atoms with E-state index in [1.807, 2.05) is 60.0 Å². The summed E-state index contributed by atoms with van der Waals surface area (Å²) in [6.07, 6.45) is -2.58. The first-order chi connectivity index (χ1) is 14.0. The lowest BCUT2D eigenvalue weighted by molar-refractivity contribution is -0.137. The molecule has 0 unspecified atom stereocenters. The van der Waals surface area contributed by atoms with Crippen LogP contribution in [0.1, 0.15) is 11.1 Å². The average molecular weight is 413 g/mol. The van der Waals surface area contributed by atoms with Crippen LogP contribution in [0.4, 0.5) is 18.9 Å². The van der Waals surface area contributed by atoms with Gasteiger partial charge < -0.3 is 4.74 Å². The first kappa shape index (κ1) is 20.7. The molecule has 0 spiro atoms. The molecule has 0 saturated carbocycles. The molecular formula is C23H18F3NOS. The van der Waals surface area contributed by atoms with Crippen molar-refractivity contribution in [2.24, 2.45) is 4.99 Å². The van der Waals surface area contributed by atoms with Crippen LogP contribution in [0.3, 0.4) is 0 Å². The Labute approximate surface area is 171 Å². The van der Waals surface area contributed by atoms with Crippen molar-refractivity contribution < 1.29 is 17.9 Å². The Morgan fingerprint density at radius 1 is 0.931 bits per heavy atom. The second kappa shape index (κ2) is 9.47. The summed E-state index contributed by atoms with van der Waals surface area (Å²) in [6, 6.07) is 21.9. The van der Waals surface area contributed by atoms with Gasteiger partial charge in [0.2, 0.25) is 0 Å². The van der Waals surface area contributed by atoms with E-state index in [9.17, 15) is 13.2 Å². The Hall–Kier alpha value is -2.99. The lowest BCUT2D eigenvalue weighted by atomic mass is 10.1. The number of allylic oxidation sites excluding steroid dienone is 1. The number of methoxy groups -OCH3 is 1. The van der Waals surface area contributed by atoms with E-state index < -0.39 is 11.7 Å². The number of benzene rings is 3. The van der Waals surface area contributed by atoms with Gasteiger partial charge >= 0.3 is 6.18 Å². The van der Waals surface area contributed by atoms with Crippen LogP contribution in [0.25, 0.3) is 0 Å². The molecule has 0 saturated heterocycles. The number of thioether (sulfide) groups is 1. The van der Waals surface area contributed by atoms with Gasteiger partial charge in [0.1, 0.15) is 5.75 Å². The van der Waals surface area contributed by atoms with Gasteiger partial charge in [-0.25, -0.2) is 4.99 Å². The third-order valence-corrected chi connectivity index (χ3v) is 4.78. The summed E-state index contributed by atoms with van der Waals surface area (Å²) in [6.45, 7) is 0. The van der Waals surface area contributed by atoms with Crippen molar-refractivity contribution in [3.63, 3.8) is 0 Å². The van der Waals surface area contributed by atoms with Gasteiger partial charge in [0, 0.05) is 10.5 Å². The lowest BCUT2D eigenvalue weighted by Crippen LogP contribution is -2.05. The maximum absolute atomic E-state index is 12.9. The molecular weight excluding hydrogens is 395 g/mol. The molecule has 0 N–H and O–H groups in total. The number of rotatable bonds is 6. The summed E-state index contributed by atoms with van der Waals surface area (Å²) in [5.41, 5.74) is 1.21. The summed E-state index contributed by atoms with van der Waals surface area (Å²) >= 11 is 1.47. The number of nitrogens with zero attached hydrogens (tertiary/aromatic N) is 1. The highest BCUT2D eigenvalue weighted by Gasteiger charge is 2.30. The van der Waals surface area contributed by atoms with Gasteiger partial charge in [0.05, 0.1) is 24.1 Å². The quantitative estimate of drug-likeness (QED) is 0.316. The normalized spacial score (nSPS) is 12.3. The predicted molar refractivity (Wildman–Crippen MR) is 112 cm³/mol. The van der Waals surface area contributed by atoms with Gasteiger partial charge in [-0.3, -0.25) is 0 Å². The van der Waals surface area contributed by atoms with Gasteiger partial charge in [0.25, 0.3) is 0 Å². The van der Waals surface area contributed by atoms with Crippen LogP contribution < -0.4 is 4.74 Å². The molecule has 0 heterocycles. The fourth-order valence-electron chi connectivity index (χ4n) is 2.52. The van der Waals surface area contributed by atoms with Gasteiger partial charge in [0.15, 0.2) is 0 Å². The van der Waals surface area contributed by atoms with Gasteiger partial charge in [-0.15, -0.1) is 0 Å². The summed E-state index contributed by atoms with van der Waals surface area (Å²) in [7, 11) is 1.61. The molecule has 0 aliphatic carbocycles. The van der Waals surface area contributed by atoms with E-state index in [4.69, 9.17) is 4.74 Å². The zero-order valence-electron chi connectivity index (χ0n) is 15.6. The van der Waals surface area contributed by atoms with E-state index in [0.717, 1.165) is 28.5 Å². The average Bonchev–Trinajstić information content (AvgIpc) is 2.73. The zero-order chi connectivity index (χ0) is 20.7. The van der Waals surface area contributed by atoms with Crippen LogP contribution >= 0.6 is 11.8 Å². The first-order valence-electron chi connectivity index (χ1n) is 8.74. The van der Waals surface area contributed by atoms with Crippen LogP contribution in [0.2, 0.25) is 0 Å². The second-order valence-electron chi connectivity index (χ2n) is 6.01. The van der Waals surface area contributed by atoms with Crippen molar-refractivity contribution in [1.29, 1.82) is 0 Å². The Balaban J connectivity index is 1.88. The molecule has 0 bridgehead atoms. The summed E-state index contributed by atoms with van der Waals surface area (Å²) in [5, 5.41) is 1.86. The van der Waals surface area contributed by atoms with Crippen LogP contribution in [0, 0.1) is 0 Å². The molecule has 0 aliphatic heterocycles. The van der Waals surface area contributed by atoms with Crippen LogP contribution in [0.15, 0.2) is 100 Å². The van der Waals surface area contributed by atoms with Crippen LogP contribution in [-0.4, -0.2) is 12.8 Å². The van der Waals surface area contributed by atoms with Gasteiger partial charge in [-0.1, -0.05) is 48.2 Å². The number of alkyl halides is 3. The molecule has 0 atom stereocenters. The molecule has 0 aromatic heterocycles. The first-order valence-corrected chi connectivity index (χ1v) is 9.62. The highest BCUT2D eigenvalue weighted by atomic mass is 32.2. The predicted octanol–water partition coefficient (Wildman–Crippen LogP) is 7.14. The van der Waals surface area contributed by atoms with E-state index in [1.165, 1.54) is 23.9 Å². The zero-order valence-corrected chi connectivity index (χ0v) is 16.4. The Morgan fingerprint density at radius 3 is 2.31 bits per heavy atom. The molecule has 0 aliphatic rings. The summed E-state index contributed by atoms with van der Waals surface area (Å²) in [4.78, 5) is 5.57. The third-order valence-electron chi connectivity index (χ3n) is 3.98. The highest BCUT2D eigenvalue weighted by Crippen LogP contribution is 2.30. The number of hydrogen-bond acceptors (Lipinski definition) is 3. The topological polar surface area (TPSA) is 21.6 Å². The highest BCUT2D eigenvalue weighted by molar-refractivity contribution is 8.02. The number of hydrogen-bond donors (Lipinski definition) is 0. The third kappa shape index (κ3) is 5.99. The van der Waals surface area contributed by atoms with Gasteiger partial charge in [-0.05, 0) is 53.9 Å². The fraction of sp³-hybridized carbons (Fsp3) is 0.0870. The number of aliphatic imine (C=N–C) groups is 1. The molecule has 0 radical (unpaired) electrons. The summed E-state index contributed by atoms with van der Waals surface area (Å²) in [5.74, 6) is 0.754. The van der Waals surface area contributed by atoms with E-state index in [1.54, 1.807) is 13.2 Å². The number of para-hydroxylation sites is 1. The van der Waals surface area contributed by atoms with Crippen LogP contribution in [-0.2, 0) is 6.18 Å². The largest absolute Gasteiger partial charge is 0.497 e. The van der Waals surface area contributed by atoms with E-state index in [0.29, 0.717) is 11.3 Å². The molecule has 0 amide bonds. The fourth-order valence-corrected chi connectivity index (χ4v) is 3.22. The van der Waals surface area contributed by atoms with E-state index in [2.05, 4.69) is 4.99 Å². The van der Waals surface area contributed by atoms with Crippen molar-refractivity contribution in [3.05, 3.63) is 101 Å². The van der Waals surface area contributed by atoms with Crippen LogP contribution in [0.5, 0.6) is 5.75 Å². The van der Waals surface area contributed by atoms with Gasteiger partial charge in [-0.2, -0.15) is 13.2 Å². The van der Waals surface area contributed by atoms with Crippen molar-refractivity contribution in [3.8, 4) is 5.75 Å². The minimum absolute atomic E-state index is 0.570. The molecule has 6 heteroatoms. The molecule has 29 heavy (non-hydrogen) atoms. The Kier molecular flexibility index (Phi) is 6.77. The van der Waals surface area contributed by atoms with Crippen molar-refractivity contribution in [2.45, 2.75) is 11.1 Å². The van der Waals surface area contributed by atoms with E-state index >= 15 is 0 Å². The molecule has 0 fully saturated rings. The van der Waals surface area contributed by atoms with Crippen molar-refractivity contribution >= 4 is 23.2 Å². The monoisotopic (exact) mass is 413 g/mol. The number of halogens is 3. The standard InChI is InChI=1S/C23H18F3NOS/c1-28-20-8-5-9-21(16-20)29-15-14-22(27-19-6-3-2-4-7-19)17-10-12-18(13-11-17)23(24,25)26/h2-16H,1H3. The lowest BCUT2D eigenvalue weighted by Gasteiger charge is -2.08. The van der Waals surface area contributed by atoms with E-state index in [-0.39, 0.29) is 0 Å². The SMILES string of the molecule is COc1cccc(SC=CC(=Nc2ccccc2)c2ccc(C(F)(F)F)cc2)c1. The minimum Gasteiger partial charge on any atom is -0.497 e. The maximum Gasteiger partial charge on any atom is 0.416 e. The Morgan fingerprint density at radius 2 is 1.66 bits per heavy atom. The second-order valence-corrected chi connectivity index (χ2v) is 6.99. The molecule has 2 nitrogen and oxygen atoms in total.